The second-order valence-electron chi connectivity index (χ2n) is 5.63. The Labute approximate surface area is 140 Å². The van der Waals surface area contributed by atoms with Crippen molar-refractivity contribution in [3.05, 3.63) is 71.0 Å². The van der Waals surface area contributed by atoms with E-state index in [0.29, 0.717) is 17.4 Å². The van der Waals surface area contributed by atoms with E-state index in [1.165, 1.54) is 6.07 Å². The third kappa shape index (κ3) is 3.81. The van der Waals surface area contributed by atoms with Gasteiger partial charge in [-0.15, -0.1) is 0 Å². The van der Waals surface area contributed by atoms with Gasteiger partial charge in [0.2, 0.25) is 5.95 Å². The molecule has 0 bridgehead atoms. The molecule has 0 aliphatic heterocycles. The largest absolute Gasteiger partial charge is 0.489 e. The third-order valence-electron chi connectivity index (χ3n) is 3.31. The number of hydrogen-bond acceptors (Lipinski definition) is 4. The normalized spacial score (nSPS) is 10.6. The predicted octanol–water partition coefficient (Wildman–Crippen LogP) is 3.97. The van der Waals surface area contributed by atoms with Crippen LogP contribution in [0.5, 0.6) is 5.75 Å². The molecule has 0 amide bonds. The van der Waals surface area contributed by atoms with Crippen LogP contribution in [0, 0.1) is 0 Å². The van der Waals surface area contributed by atoms with Crippen LogP contribution in [0.25, 0.3) is 11.3 Å². The van der Waals surface area contributed by atoms with Crippen molar-refractivity contribution in [1.29, 1.82) is 0 Å². The molecule has 0 radical (unpaired) electrons. The molecule has 1 heterocycles. The molecule has 122 valence electrons. The Bertz CT molecular complexity index is 873. The van der Waals surface area contributed by atoms with Gasteiger partial charge in [0.15, 0.2) is 0 Å². The third-order valence-corrected chi connectivity index (χ3v) is 3.31. The molecule has 0 saturated heterocycles. The van der Waals surface area contributed by atoms with E-state index < -0.39 is 0 Å². The molecule has 1 aromatic heterocycles. The van der Waals surface area contributed by atoms with Crippen molar-refractivity contribution >= 4 is 11.6 Å². The van der Waals surface area contributed by atoms with Crippen LogP contribution in [0.3, 0.4) is 0 Å². The number of H-pyrrole nitrogens is 1. The van der Waals surface area contributed by atoms with Crippen molar-refractivity contribution in [3.63, 3.8) is 0 Å². The summed E-state index contributed by atoms with van der Waals surface area (Å²) in [5.74, 6) is 1.08. The van der Waals surface area contributed by atoms with Crippen LogP contribution >= 0.6 is 0 Å². The van der Waals surface area contributed by atoms with E-state index in [0.717, 1.165) is 11.3 Å². The highest BCUT2D eigenvalue weighted by molar-refractivity contribution is 5.65. The van der Waals surface area contributed by atoms with Crippen LogP contribution in [0.1, 0.15) is 13.8 Å². The van der Waals surface area contributed by atoms with Crippen LogP contribution in [-0.2, 0) is 0 Å². The molecule has 3 rings (SSSR count). The SMILES string of the molecule is CC(C)Oc1ccccc1Nc1nc(-c2ccccc2)cc(=O)[nH]1. The molecule has 0 aliphatic rings. The molecule has 2 aromatic carbocycles. The second kappa shape index (κ2) is 7.00. The van der Waals surface area contributed by atoms with Gasteiger partial charge in [-0.25, -0.2) is 4.98 Å². The fraction of sp³-hybridized carbons (Fsp3) is 0.158. The topological polar surface area (TPSA) is 67.0 Å². The van der Waals surface area contributed by atoms with Crippen molar-refractivity contribution in [1.82, 2.24) is 9.97 Å². The minimum absolute atomic E-state index is 0.0515. The standard InChI is InChI=1S/C19H19N3O2/c1-13(2)24-17-11-7-6-10-15(17)20-19-21-16(12-18(23)22-19)14-8-4-3-5-9-14/h3-13H,1-2H3,(H2,20,21,22,23). The summed E-state index contributed by atoms with van der Waals surface area (Å²) in [7, 11) is 0. The Balaban J connectivity index is 1.94. The lowest BCUT2D eigenvalue weighted by Gasteiger charge is -2.15. The fourth-order valence-corrected chi connectivity index (χ4v) is 2.33. The van der Waals surface area contributed by atoms with Crippen LogP contribution in [0.15, 0.2) is 65.5 Å². The zero-order chi connectivity index (χ0) is 16.9. The van der Waals surface area contributed by atoms with E-state index in [1.807, 2.05) is 68.4 Å². The van der Waals surface area contributed by atoms with Crippen LogP contribution in [0.2, 0.25) is 0 Å². The number of nitrogens with zero attached hydrogens (tertiary/aromatic N) is 1. The van der Waals surface area contributed by atoms with Gasteiger partial charge in [-0.2, -0.15) is 0 Å². The molecule has 2 N–H and O–H groups in total. The highest BCUT2D eigenvalue weighted by Gasteiger charge is 2.08. The first-order chi connectivity index (χ1) is 11.6. The lowest BCUT2D eigenvalue weighted by Crippen LogP contribution is -2.12. The Morgan fingerprint density at radius 3 is 2.50 bits per heavy atom. The quantitative estimate of drug-likeness (QED) is 0.746. The summed E-state index contributed by atoms with van der Waals surface area (Å²) < 4.78 is 5.78. The first-order valence-corrected chi connectivity index (χ1v) is 7.81. The summed E-state index contributed by atoms with van der Waals surface area (Å²) in [6, 6.07) is 18.6. The average molecular weight is 321 g/mol. The molecule has 5 nitrogen and oxygen atoms in total. The molecule has 0 unspecified atom stereocenters. The number of anilines is 2. The molecular formula is C19H19N3O2. The number of ether oxygens (including phenoxy) is 1. The summed E-state index contributed by atoms with van der Waals surface area (Å²) >= 11 is 0. The van der Waals surface area contributed by atoms with E-state index in [1.54, 1.807) is 0 Å². The van der Waals surface area contributed by atoms with E-state index in [4.69, 9.17) is 4.74 Å². The number of para-hydroxylation sites is 2. The maximum absolute atomic E-state index is 12.0. The van der Waals surface area contributed by atoms with Crippen molar-refractivity contribution < 1.29 is 4.74 Å². The second-order valence-corrected chi connectivity index (χ2v) is 5.63. The molecule has 0 atom stereocenters. The predicted molar refractivity (Wildman–Crippen MR) is 95.8 cm³/mol. The van der Waals surface area contributed by atoms with Gasteiger partial charge in [0.05, 0.1) is 17.5 Å². The minimum Gasteiger partial charge on any atom is -0.489 e. The first-order valence-electron chi connectivity index (χ1n) is 7.81. The summed E-state index contributed by atoms with van der Waals surface area (Å²) in [5.41, 5.74) is 2.04. The highest BCUT2D eigenvalue weighted by atomic mass is 16.5. The number of rotatable bonds is 5. The van der Waals surface area contributed by atoms with Gasteiger partial charge in [0.25, 0.3) is 5.56 Å². The lowest BCUT2D eigenvalue weighted by molar-refractivity contribution is 0.244. The number of aromatic nitrogens is 2. The summed E-state index contributed by atoms with van der Waals surface area (Å²) in [4.78, 5) is 19.2. The van der Waals surface area contributed by atoms with Crippen molar-refractivity contribution in [3.8, 4) is 17.0 Å². The smallest absolute Gasteiger partial charge is 0.252 e. The minimum atomic E-state index is -0.214. The number of hydrogen-bond donors (Lipinski definition) is 2. The van der Waals surface area contributed by atoms with Crippen LogP contribution < -0.4 is 15.6 Å². The molecule has 0 saturated carbocycles. The molecule has 24 heavy (non-hydrogen) atoms. The zero-order valence-electron chi connectivity index (χ0n) is 13.6. The van der Waals surface area contributed by atoms with E-state index in [2.05, 4.69) is 15.3 Å². The van der Waals surface area contributed by atoms with Crippen LogP contribution in [0.4, 0.5) is 11.6 Å². The average Bonchev–Trinajstić information content (AvgIpc) is 2.56. The van der Waals surface area contributed by atoms with E-state index in [-0.39, 0.29) is 11.7 Å². The summed E-state index contributed by atoms with van der Waals surface area (Å²) in [5, 5.41) is 3.14. The molecule has 0 spiro atoms. The van der Waals surface area contributed by atoms with Gasteiger partial charge < -0.3 is 10.1 Å². The molecule has 0 aliphatic carbocycles. The Morgan fingerprint density at radius 1 is 1.04 bits per heavy atom. The van der Waals surface area contributed by atoms with E-state index >= 15 is 0 Å². The van der Waals surface area contributed by atoms with Gasteiger partial charge in [-0.3, -0.25) is 9.78 Å². The summed E-state index contributed by atoms with van der Waals surface area (Å²) in [6.45, 7) is 3.93. The van der Waals surface area contributed by atoms with Gasteiger partial charge in [0, 0.05) is 11.6 Å². The van der Waals surface area contributed by atoms with Crippen molar-refractivity contribution in [2.45, 2.75) is 20.0 Å². The molecular weight excluding hydrogens is 302 g/mol. The Hall–Kier alpha value is -3.08. The molecule has 3 aromatic rings. The Kier molecular flexibility index (Phi) is 4.61. The van der Waals surface area contributed by atoms with Crippen molar-refractivity contribution in [2.75, 3.05) is 5.32 Å². The van der Waals surface area contributed by atoms with Gasteiger partial charge in [0.1, 0.15) is 5.75 Å². The molecule has 5 heteroatoms. The van der Waals surface area contributed by atoms with Gasteiger partial charge in [-0.1, -0.05) is 42.5 Å². The Morgan fingerprint density at radius 2 is 1.75 bits per heavy atom. The highest BCUT2D eigenvalue weighted by Crippen LogP contribution is 2.27. The van der Waals surface area contributed by atoms with Gasteiger partial charge >= 0.3 is 0 Å². The lowest BCUT2D eigenvalue weighted by atomic mass is 10.1. The van der Waals surface area contributed by atoms with Crippen LogP contribution in [-0.4, -0.2) is 16.1 Å². The van der Waals surface area contributed by atoms with E-state index in [9.17, 15) is 4.79 Å². The van der Waals surface area contributed by atoms with Gasteiger partial charge in [-0.05, 0) is 26.0 Å². The monoisotopic (exact) mass is 321 g/mol. The number of aromatic amines is 1. The first kappa shape index (κ1) is 15.8. The number of benzene rings is 2. The zero-order valence-corrected chi connectivity index (χ0v) is 13.6. The maximum atomic E-state index is 12.0. The fourth-order valence-electron chi connectivity index (χ4n) is 2.33. The maximum Gasteiger partial charge on any atom is 0.252 e. The molecule has 0 fully saturated rings. The summed E-state index contributed by atoms with van der Waals surface area (Å²) in [6.07, 6.45) is 0.0515. The number of nitrogens with one attached hydrogen (secondary N) is 2. The van der Waals surface area contributed by atoms with Crippen molar-refractivity contribution in [2.24, 2.45) is 0 Å².